The number of rotatable bonds is 1. The third-order valence-electron chi connectivity index (χ3n) is 4.54. The molecule has 0 aliphatic carbocycles. The second-order valence-electron chi connectivity index (χ2n) is 6.99. The molecule has 153 valence electrons. The molecule has 5 heteroatoms. The average molecular weight is 576 g/mol. The fraction of sp³-hybridized carbons (Fsp3) is 0.120. The Morgan fingerprint density at radius 3 is 2.60 bits per heavy atom. The van der Waals surface area contributed by atoms with Gasteiger partial charge in [-0.3, -0.25) is 9.78 Å². The second-order valence-corrected chi connectivity index (χ2v) is 6.99. The SMILES string of the molecule is Cc1cc2c3c(nccc3c1)-c1[c-]c3ccccc3cc1O2.[2H]/C(C(C)=O)=C(\C)O.[Ir]. The molecule has 0 amide bonds. The molecule has 3 aromatic carbocycles. The van der Waals surface area contributed by atoms with E-state index in [1.54, 1.807) is 0 Å². The maximum Gasteiger partial charge on any atom is 0.155 e. The summed E-state index contributed by atoms with van der Waals surface area (Å²) in [7, 11) is 0. The number of carbonyl (C=O) groups excluding carboxylic acids is 1. The normalized spacial score (nSPS) is 12.4. The van der Waals surface area contributed by atoms with E-state index < -0.39 is 5.78 Å². The maximum atomic E-state index is 10.2. The molecule has 1 aliphatic heterocycles. The van der Waals surface area contributed by atoms with E-state index in [9.17, 15) is 4.79 Å². The zero-order valence-electron chi connectivity index (χ0n) is 17.7. The van der Waals surface area contributed by atoms with Gasteiger partial charge in [-0.15, -0.1) is 17.5 Å². The molecule has 0 spiro atoms. The number of hydrogen-bond donors (Lipinski definition) is 1. The first-order chi connectivity index (χ1) is 14.3. The number of benzene rings is 3. The predicted molar refractivity (Wildman–Crippen MR) is 115 cm³/mol. The monoisotopic (exact) mass is 576 g/mol. The number of pyridine rings is 1. The molecule has 1 aromatic heterocycles. The molecule has 2 heterocycles. The van der Waals surface area contributed by atoms with Gasteiger partial charge < -0.3 is 9.84 Å². The van der Waals surface area contributed by atoms with Crippen LogP contribution in [0.2, 0.25) is 0 Å². The van der Waals surface area contributed by atoms with Crippen LogP contribution in [0.25, 0.3) is 32.8 Å². The van der Waals surface area contributed by atoms with Crippen LogP contribution in [0.1, 0.15) is 20.8 Å². The number of fused-ring (bicyclic) bond motifs is 3. The summed E-state index contributed by atoms with van der Waals surface area (Å²) >= 11 is 0. The average Bonchev–Trinajstić information content (AvgIpc) is 2.72. The summed E-state index contributed by atoms with van der Waals surface area (Å²) in [6, 6.07) is 19.7. The zero-order chi connectivity index (χ0) is 21.4. The van der Waals surface area contributed by atoms with Crippen LogP contribution in [0.15, 0.2) is 66.5 Å². The molecule has 5 rings (SSSR count). The quantitative estimate of drug-likeness (QED) is 0.145. The van der Waals surface area contributed by atoms with Crippen molar-refractivity contribution in [3.63, 3.8) is 0 Å². The number of carbonyl (C=O) groups is 1. The Labute approximate surface area is 190 Å². The number of nitrogens with zero attached hydrogens (tertiary/aromatic N) is 1. The molecule has 4 nitrogen and oxygen atoms in total. The maximum absolute atomic E-state index is 10.2. The van der Waals surface area contributed by atoms with Crippen molar-refractivity contribution in [2.45, 2.75) is 20.8 Å². The van der Waals surface area contributed by atoms with Crippen LogP contribution in [0, 0.1) is 13.0 Å². The Balaban J connectivity index is 0.000000263. The summed E-state index contributed by atoms with van der Waals surface area (Å²) in [5.74, 6) is 1.08. The molecule has 0 bridgehead atoms. The Kier molecular flexibility index (Phi) is 5.93. The van der Waals surface area contributed by atoms with Crippen molar-refractivity contribution in [1.29, 1.82) is 0 Å². The molecule has 4 aromatic rings. The molecule has 0 atom stereocenters. The summed E-state index contributed by atoms with van der Waals surface area (Å²) < 4.78 is 12.9. The summed E-state index contributed by atoms with van der Waals surface area (Å²) in [4.78, 5) is 14.8. The standard InChI is InChI=1S/C20H12NO.C5H8O2.Ir/c1-12-8-15-6-7-21-20-16-10-13-4-2-3-5-14(13)11-17(16)22-18(9-12)19(15)20;1-4(6)3-5(2)7;/h2-9,11H,1H3;3,6H,1-2H3;/q-1;;/b;4-3-;/i;3D;. The van der Waals surface area contributed by atoms with E-state index >= 15 is 0 Å². The number of ketones is 1. The van der Waals surface area contributed by atoms with Crippen molar-refractivity contribution in [3.05, 3.63) is 78.2 Å². The summed E-state index contributed by atoms with van der Waals surface area (Å²) in [5.41, 5.74) is 3.09. The number of aromatic nitrogens is 1. The van der Waals surface area contributed by atoms with Crippen molar-refractivity contribution >= 4 is 27.3 Å². The minimum Gasteiger partial charge on any atom is -0.512 e. The second kappa shape index (κ2) is 8.78. The van der Waals surface area contributed by atoms with Gasteiger partial charge in [0.2, 0.25) is 0 Å². The van der Waals surface area contributed by atoms with E-state index in [1.807, 2.05) is 24.4 Å². The molecule has 0 fully saturated rings. The van der Waals surface area contributed by atoms with E-state index in [1.165, 1.54) is 19.4 Å². The van der Waals surface area contributed by atoms with Crippen LogP contribution in [0.3, 0.4) is 0 Å². The van der Waals surface area contributed by atoms with Gasteiger partial charge in [-0.2, -0.15) is 0 Å². The Bertz CT molecular complexity index is 1340. The largest absolute Gasteiger partial charge is 0.512 e. The van der Waals surface area contributed by atoms with Crippen molar-refractivity contribution in [2.75, 3.05) is 0 Å². The van der Waals surface area contributed by atoms with E-state index in [4.69, 9.17) is 11.2 Å². The number of allylic oxidation sites excluding steroid dienone is 2. The van der Waals surface area contributed by atoms with Gasteiger partial charge in [-0.05, 0) is 43.9 Å². The Hall–Kier alpha value is -3.01. The summed E-state index contributed by atoms with van der Waals surface area (Å²) in [6.07, 6.45) is 1.86. The molecular weight excluding hydrogens is 554 g/mol. The molecule has 1 radical (unpaired) electrons. The van der Waals surface area contributed by atoms with Crippen LogP contribution in [0.4, 0.5) is 0 Å². The third kappa shape index (κ3) is 4.28. The van der Waals surface area contributed by atoms with Gasteiger partial charge in [0.1, 0.15) is 5.75 Å². The van der Waals surface area contributed by atoms with Crippen LogP contribution in [-0.4, -0.2) is 15.9 Å². The number of aryl methyl sites for hydroxylation is 1. The number of aliphatic hydroxyl groups excluding tert-OH is 1. The zero-order valence-corrected chi connectivity index (χ0v) is 19.1. The minimum absolute atomic E-state index is 0. The van der Waals surface area contributed by atoms with Crippen molar-refractivity contribution in [1.82, 2.24) is 4.98 Å². The molecular formula is C25H20IrNO3-. The smallest absolute Gasteiger partial charge is 0.155 e. The fourth-order valence-corrected chi connectivity index (χ4v) is 3.47. The molecule has 30 heavy (non-hydrogen) atoms. The molecule has 0 unspecified atom stereocenters. The Morgan fingerprint density at radius 2 is 1.90 bits per heavy atom. The summed E-state index contributed by atoms with van der Waals surface area (Å²) in [5, 5.41) is 12.9. The van der Waals surface area contributed by atoms with Crippen molar-refractivity contribution in [2.24, 2.45) is 0 Å². The van der Waals surface area contributed by atoms with Gasteiger partial charge >= 0.3 is 0 Å². The first kappa shape index (κ1) is 20.3. The van der Waals surface area contributed by atoms with Gasteiger partial charge in [0.25, 0.3) is 0 Å². The minimum atomic E-state index is -0.412. The molecule has 0 saturated heterocycles. The van der Waals surface area contributed by atoms with Crippen molar-refractivity contribution in [3.8, 4) is 22.8 Å². The number of hydrogen-bond acceptors (Lipinski definition) is 4. The van der Waals surface area contributed by atoms with Gasteiger partial charge in [0.05, 0.1) is 12.9 Å². The van der Waals surface area contributed by atoms with E-state index in [-0.39, 0.29) is 31.9 Å². The first-order valence-electron chi connectivity index (χ1n) is 9.75. The third-order valence-corrected chi connectivity index (χ3v) is 4.54. The molecule has 1 N–H and O–H groups in total. The van der Waals surface area contributed by atoms with Gasteiger partial charge in [-0.25, -0.2) is 0 Å². The predicted octanol–water partition coefficient (Wildman–Crippen LogP) is 6.30. The van der Waals surface area contributed by atoms with Crippen LogP contribution in [-0.2, 0) is 24.9 Å². The van der Waals surface area contributed by atoms with E-state index in [0.717, 1.165) is 44.3 Å². The fourth-order valence-electron chi connectivity index (χ4n) is 3.47. The molecule has 1 aliphatic rings. The van der Waals surface area contributed by atoms with Crippen LogP contribution < -0.4 is 4.74 Å². The van der Waals surface area contributed by atoms with Gasteiger partial charge in [-0.1, -0.05) is 41.3 Å². The topological polar surface area (TPSA) is 59.4 Å². The number of ether oxygens (including phenoxy) is 1. The molecule has 0 saturated carbocycles. The number of aliphatic hydroxyl groups is 1. The van der Waals surface area contributed by atoms with Gasteiger partial charge in [0.15, 0.2) is 5.78 Å². The van der Waals surface area contributed by atoms with Gasteiger partial charge in [0, 0.05) is 43.4 Å². The summed E-state index contributed by atoms with van der Waals surface area (Å²) in [6.45, 7) is 4.63. The first-order valence-corrected chi connectivity index (χ1v) is 9.25. The van der Waals surface area contributed by atoms with E-state index in [0.29, 0.717) is 0 Å². The van der Waals surface area contributed by atoms with E-state index in [2.05, 4.69) is 48.3 Å². The Morgan fingerprint density at radius 1 is 1.13 bits per heavy atom. The van der Waals surface area contributed by atoms with Crippen LogP contribution >= 0.6 is 0 Å². The van der Waals surface area contributed by atoms with Crippen LogP contribution in [0.5, 0.6) is 11.5 Å². The van der Waals surface area contributed by atoms with Crippen molar-refractivity contribution < 1.29 is 36.1 Å².